The Morgan fingerprint density at radius 1 is 1.24 bits per heavy atom. The van der Waals surface area contributed by atoms with Gasteiger partial charge in [0, 0.05) is 5.56 Å². The van der Waals surface area contributed by atoms with Crippen molar-refractivity contribution in [3.05, 3.63) is 64.4 Å². The largest absolute Gasteiger partial charge is 0.435 e. The number of aromatic nitrogens is 3. The van der Waals surface area contributed by atoms with Crippen molar-refractivity contribution in [1.29, 1.82) is 0 Å². The van der Waals surface area contributed by atoms with Crippen LogP contribution in [0.5, 0.6) is 5.75 Å². The number of nitrogens with zero attached hydrogens (tertiary/aromatic N) is 3. The molecule has 2 aromatic carbocycles. The zero-order valence-corrected chi connectivity index (χ0v) is 14.0. The molecule has 0 spiro atoms. The lowest BCUT2D eigenvalue weighted by Crippen LogP contribution is -2.01. The average Bonchev–Trinajstić information content (AvgIpc) is 2.94. The lowest BCUT2D eigenvalue weighted by Gasteiger charge is -2.05. The minimum atomic E-state index is -2.86. The predicted octanol–water partition coefficient (Wildman–Crippen LogP) is 4.40. The Labute approximate surface area is 147 Å². The Hall–Kier alpha value is -2.87. The molecule has 5 nitrogen and oxygen atoms in total. The van der Waals surface area contributed by atoms with Gasteiger partial charge in [-0.15, -0.1) is 0 Å². The third kappa shape index (κ3) is 4.16. The summed E-state index contributed by atoms with van der Waals surface area (Å²) < 4.78 is 30.6. The molecule has 0 aliphatic heterocycles. The molecule has 1 N–H and O–H groups in total. The van der Waals surface area contributed by atoms with Crippen LogP contribution in [0, 0.1) is 11.7 Å². The second-order valence-electron chi connectivity index (χ2n) is 5.23. The molecule has 0 unspecified atom stereocenters. The molecule has 3 rings (SSSR count). The molecular formula is C17H14F2N4OS. The lowest BCUT2D eigenvalue weighted by molar-refractivity contribution is -0.0498. The van der Waals surface area contributed by atoms with Gasteiger partial charge >= 0.3 is 6.61 Å². The van der Waals surface area contributed by atoms with E-state index in [-0.39, 0.29) is 5.75 Å². The summed E-state index contributed by atoms with van der Waals surface area (Å²) in [5.74, 6) is 0.542. The van der Waals surface area contributed by atoms with Crippen LogP contribution in [-0.2, 0) is 0 Å². The van der Waals surface area contributed by atoms with E-state index in [4.69, 9.17) is 12.2 Å². The van der Waals surface area contributed by atoms with E-state index in [1.54, 1.807) is 18.3 Å². The SMILES string of the molecule is Cc1cccc(C=Nn2c(-c3ccc(OC(F)F)cc3)n[nH]c2=S)c1. The average molecular weight is 360 g/mol. The maximum Gasteiger partial charge on any atom is 0.387 e. The van der Waals surface area contributed by atoms with E-state index in [9.17, 15) is 8.78 Å². The molecule has 3 aromatic rings. The van der Waals surface area contributed by atoms with Gasteiger partial charge in [0.05, 0.1) is 6.21 Å². The third-order valence-corrected chi connectivity index (χ3v) is 3.62. The van der Waals surface area contributed by atoms with Crippen molar-refractivity contribution in [2.24, 2.45) is 5.10 Å². The van der Waals surface area contributed by atoms with Crippen LogP contribution in [0.2, 0.25) is 0 Å². The summed E-state index contributed by atoms with van der Waals surface area (Å²) in [7, 11) is 0. The highest BCUT2D eigenvalue weighted by Crippen LogP contribution is 2.22. The van der Waals surface area contributed by atoms with E-state index in [1.807, 2.05) is 31.2 Å². The van der Waals surface area contributed by atoms with Gasteiger partial charge in [-0.05, 0) is 49.0 Å². The van der Waals surface area contributed by atoms with E-state index >= 15 is 0 Å². The maximum atomic E-state index is 12.2. The number of ether oxygens (including phenoxy) is 1. The highest BCUT2D eigenvalue weighted by atomic mass is 32.1. The van der Waals surface area contributed by atoms with E-state index in [0.29, 0.717) is 16.2 Å². The first-order valence-electron chi connectivity index (χ1n) is 7.36. The molecule has 0 radical (unpaired) electrons. The molecule has 1 aromatic heterocycles. The molecular weight excluding hydrogens is 346 g/mol. The third-order valence-electron chi connectivity index (χ3n) is 3.35. The maximum absolute atomic E-state index is 12.2. The van der Waals surface area contributed by atoms with Crippen LogP contribution in [0.1, 0.15) is 11.1 Å². The number of H-pyrrole nitrogens is 1. The number of hydrogen-bond acceptors (Lipinski definition) is 4. The molecule has 0 aliphatic rings. The first-order valence-corrected chi connectivity index (χ1v) is 7.77. The lowest BCUT2D eigenvalue weighted by atomic mass is 10.2. The topological polar surface area (TPSA) is 55.2 Å². The van der Waals surface area contributed by atoms with Gasteiger partial charge in [-0.25, -0.2) is 5.10 Å². The van der Waals surface area contributed by atoms with Gasteiger partial charge in [0.1, 0.15) is 5.75 Å². The minimum absolute atomic E-state index is 0.0719. The van der Waals surface area contributed by atoms with Crippen LogP contribution in [0.15, 0.2) is 53.6 Å². The van der Waals surface area contributed by atoms with Crippen molar-refractivity contribution in [2.75, 3.05) is 0 Å². The number of aryl methyl sites for hydroxylation is 1. The van der Waals surface area contributed by atoms with Crippen LogP contribution >= 0.6 is 12.2 Å². The summed E-state index contributed by atoms with van der Waals surface area (Å²) in [6, 6.07) is 14.0. The van der Waals surface area contributed by atoms with Crippen molar-refractivity contribution in [2.45, 2.75) is 13.5 Å². The number of rotatable bonds is 5. The van der Waals surface area contributed by atoms with Gasteiger partial charge in [-0.2, -0.15) is 23.7 Å². The minimum Gasteiger partial charge on any atom is -0.435 e. The van der Waals surface area contributed by atoms with Gasteiger partial charge in [0.15, 0.2) is 5.82 Å². The van der Waals surface area contributed by atoms with E-state index < -0.39 is 6.61 Å². The van der Waals surface area contributed by atoms with Crippen molar-refractivity contribution in [3.8, 4) is 17.1 Å². The van der Waals surface area contributed by atoms with Gasteiger partial charge < -0.3 is 4.74 Å². The first kappa shape index (κ1) is 17.0. The second-order valence-corrected chi connectivity index (χ2v) is 5.61. The molecule has 0 atom stereocenters. The van der Waals surface area contributed by atoms with Gasteiger partial charge in [0.25, 0.3) is 0 Å². The number of benzene rings is 2. The fourth-order valence-electron chi connectivity index (χ4n) is 2.25. The Morgan fingerprint density at radius 2 is 2.00 bits per heavy atom. The van der Waals surface area contributed by atoms with E-state index in [2.05, 4.69) is 20.0 Å². The predicted molar refractivity (Wildman–Crippen MR) is 93.7 cm³/mol. The fourth-order valence-corrected chi connectivity index (χ4v) is 2.43. The normalized spacial score (nSPS) is 11.4. The van der Waals surface area contributed by atoms with Crippen LogP contribution < -0.4 is 4.74 Å². The Kier molecular flexibility index (Phi) is 4.99. The fraction of sp³-hybridized carbons (Fsp3) is 0.118. The Balaban J connectivity index is 1.90. The molecule has 0 amide bonds. The number of aromatic amines is 1. The number of hydrogen-bond donors (Lipinski definition) is 1. The molecule has 0 saturated carbocycles. The standard InChI is InChI=1S/C17H14F2N4OS/c1-11-3-2-4-12(9-11)10-20-23-15(21-22-17(23)25)13-5-7-14(8-6-13)24-16(18)19/h2-10,16H,1H3,(H,22,25). The summed E-state index contributed by atoms with van der Waals surface area (Å²) in [4.78, 5) is 0. The summed E-state index contributed by atoms with van der Waals surface area (Å²) in [5.41, 5.74) is 2.71. The van der Waals surface area contributed by atoms with E-state index in [0.717, 1.165) is 11.1 Å². The zero-order valence-electron chi connectivity index (χ0n) is 13.2. The summed E-state index contributed by atoms with van der Waals surface area (Å²) in [5, 5.41) is 11.2. The second kappa shape index (κ2) is 7.35. The van der Waals surface area contributed by atoms with Crippen LogP contribution in [0.3, 0.4) is 0 Å². The molecule has 25 heavy (non-hydrogen) atoms. The molecule has 8 heteroatoms. The molecule has 1 heterocycles. The smallest absolute Gasteiger partial charge is 0.387 e. The van der Waals surface area contributed by atoms with E-state index in [1.165, 1.54) is 16.8 Å². The molecule has 128 valence electrons. The number of halogens is 2. The van der Waals surface area contributed by atoms with Crippen molar-refractivity contribution >= 4 is 18.4 Å². The highest BCUT2D eigenvalue weighted by molar-refractivity contribution is 7.71. The monoisotopic (exact) mass is 360 g/mol. The molecule has 0 bridgehead atoms. The first-order chi connectivity index (χ1) is 12.0. The molecule has 0 aliphatic carbocycles. The van der Waals surface area contributed by atoms with Crippen LogP contribution in [-0.4, -0.2) is 27.7 Å². The summed E-state index contributed by atoms with van der Waals surface area (Å²) in [6.07, 6.45) is 1.68. The Morgan fingerprint density at radius 3 is 2.68 bits per heavy atom. The quantitative estimate of drug-likeness (QED) is 0.542. The van der Waals surface area contributed by atoms with Crippen molar-refractivity contribution in [3.63, 3.8) is 0 Å². The molecule has 0 saturated heterocycles. The highest BCUT2D eigenvalue weighted by Gasteiger charge is 2.09. The summed E-state index contributed by atoms with van der Waals surface area (Å²) >= 11 is 5.20. The van der Waals surface area contributed by atoms with Gasteiger partial charge in [0.2, 0.25) is 4.77 Å². The number of nitrogens with one attached hydrogen (secondary N) is 1. The van der Waals surface area contributed by atoms with Crippen molar-refractivity contribution in [1.82, 2.24) is 14.9 Å². The Bertz CT molecular complexity index is 948. The van der Waals surface area contributed by atoms with Crippen LogP contribution in [0.25, 0.3) is 11.4 Å². The van der Waals surface area contributed by atoms with Gasteiger partial charge in [-0.1, -0.05) is 29.8 Å². The number of alkyl halides is 2. The van der Waals surface area contributed by atoms with Gasteiger partial charge in [-0.3, -0.25) is 0 Å². The zero-order chi connectivity index (χ0) is 17.8. The summed E-state index contributed by atoms with van der Waals surface area (Å²) in [6.45, 7) is -0.866. The van der Waals surface area contributed by atoms with Crippen LogP contribution in [0.4, 0.5) is 8.78 Å². The molecule has 0 fully saturated rings. The van der Waals surface area contributed by atoms with Crippen molar-refractivity contribution < 1.29 is 13.5 Å².